The Morgan fingerprint density at radius 2 is 1.95 bits per heavy atom. The van der Waals surface area contributed by atoms with E-state index in [1.807, 2.05) is 0 Å². The molecule has 0 fully saturated rings. The standard InChI is InChI=1S/C15H17NO5/c1-2-3-4-5-14(19)16-11(15(20)21)8-10-6-7-12(17)13(18)9-10/h2-7,9,11,17-18H,8H2,1H3,(H,16,19)(H,20,21)/b3-2+,5-4+. The molecule has 1 atom stereocenters. The van der Waals surface area contributed by atoms with E-state index in [0.29, 0.717) is 5.56 Å². The molecule has 0 heterocycles. The van der Waals surface area contributed by atoms with Crippen LogP contribution in [0.1, 0.15) is 12.5 Å². The predicted molar refractivity (Wildman–Crippen MR) is 77.0 cm³/mol. The number of hydrogen-bond acceptors (Lipinski definition) is 4. The summed E-state index contributed by atoms with van der Waals surface area (Å²) >= 11 is 0. The highest BCUT2D eigenvalue weighted by Gasteiger charge is 2.19. The molecule has 0 bridgehead atoms. The van der Waals surface area contributed by atoms with E-state index in [0.717, 1.165) is 0 Å². The minimum absolute atomic E-state index is 0.00757. The number of carbonyl (C=O) groups is 2. The highest BCUT2D eigenvalue weighted by molar-refractivity contribution is 5.91. The van der Waals surface area contributed by atoms with Crippen LogP contribution in [-0.4, -0.2) is 33.2 Å². The van der Waals surface area contributed by atoms with E-state index >= 15 is 0 Å². The molecule has 0 aromatic heterocycles. The van der Waals surface area contributed by atoms with Gasteiger partial charge in [-0.1, -0.05) is 24.3 Å². The average Bonchev–Trinajstić information content (AvgIpc) is 2.42. The van der Waals surface area contributed by atoms with Gasteiger partial charge in [-0.25, -0.2) is 4.79 Å². The molecule has 6 heteroatoms. The largest absolute Gasteiger partial charge is 0.504 e. The monoisotopic (exact) mass is 291 g/mol. The highest BCUT2D eigenvalue weighted by Crippen LogP contribution is 2.25. The van der Waals surface area contributed by atoms with Gasteiger partial charge in [-0.15, -0.1) is 0 Å². The van der Waals surface area contributed by atoms with Crippen LogP contribution in [-0.2, 0) is 16.0 Å². The summed E-state index contributed by atoms with van der Waals surface area (Å²) in [4.78, 5) is 22.7. The third-order valence-electron chi connectivity index (χ3n) is 2.65. The van der Waals surface area contributed by atoms with E-state index < -0.39 is 17.9 Å². The number of carboxylic acids is 1. The maximum Gasteiger partial charge on any atom is 0.326 e. The van der Waals surface area contributed by atoms with Gasteiger partial charge < -0.3 is 20.6 Å². The van der Waals surface area contributed by atoms with Gasteiger partial charge in [-0.2, -0.15) is 0 Å². The van der Waals surface area contributed by atoms with Crippen molar-refractivity contribution in [3.63, 3.8) is 0 Å². The summed E-state index contributed by atoms with van der Waals surface area (Å²) < 4.78 is 0. The molecule has 21 heavy (non-hydrogen) atoms. The van der Waals surface area contributed by atoms with Gasteiger partial charge in [0.15, 0.2) is 11.5 Å². The zero-order chi connectivity index (χ0) is 15.8. The van der Waals surface area contributed by atoms with Crippen LogP contribution in [0.4, 0.5) is 0 Å². The van der Waals surface area contributed by atoms with Gasteiger partial charge in [-0.05, 0) is 24.6 Å². The minimum Gasteiger partial charge on any atom is -0.504 e. The molecule has 0 saturated heterocycles. The van der Waals surface area contributed by atoms with Crippen molar-refractivity contribution in [1.82, 2.24) is 5.32 Å². The Balaban J connectivity index is 2.76. The average molecular weight is 291 g/mol. The smallest absolute Gasteiger partial charge is 0.326 e. The number of aromatic hydroxyl groups is 2. The fourth-order valence-corrected chi connectivity index (χ4v) is 1.61. The van der Waals surface area contributed by atoms with E-state index in [2.05, 4.69) is 5.32 Å². The zero-order valence-corrected chi connectivity index (χ0v) is 11.5. The predicted octanol–water partition coefficient (Wildman–Crippen LogP) is 1.34. The Morgan fingerprint density at radius 3 is 2.52 bits per heavy atom. The molecule has 1 amide bonds. The van der Waals surface area contributed by atoms with E-state index in [1.165, 1.54) is 30.4 Å². The number of benzene rings is 1. The molecule has 0 aliphatic carbocycles. The van der Waals surface area contributed by atoms with Crippen molar-refractivity contribution in [2.24, 2.45) is 0 Å². The second-order valence-electron chi connectivity index (χ2n) is 4.31. The molecular weight excluding hydrogens is 274 g/mol. The maximum absolute atomic E-state index is 11.6. The zero-order valence-electron chi connectivity index (χ0n) is 11.5. The number of phenols is 2. The van der Waals surface area contributed by atoms with Crippen LogP contribution >= 0.6 is 0 Å². The van der Waals surface area contributed by atoms with Crippen LogP contribution < -0.4 is 5.32 Å². The van der Waals surface area contributed by atoms with Crippen molar-refractivity contribution in [2.45, 2.75) is 19.4 Å². The quantitative estimate of drug-likeness (QED) is 0.359. The normalized spacial score (nSPS) is 12.6. The number of carbonyl (C=O) groups excluding carboxylic acids is 1. The molecule has 1 aromatic carbocycles. The van der Waals surface area contributed by atoms with Crippen molar-refractivity contribution in [2.75, 3.05) is 0 Å². The van der Waals surface area contributed by atoms with Gasteiger partial charge >= 0.3 is 5.97 Å². The maximum atomic E-state index is 11.6. The molecule has 1 rings (SSSR count). The Hall–Kier alpha value is -2.76. The number of carboxylic acid groups (broad SMARTS) is 1. The number of hydrogen-bond donors (Lipinski definition) is 4. The van der Waals surface area contributed by atoms with Gasteiger partial charge in [0.25, 0.3) is 0 Å². The summed E-state index contributed by atoms with van der Waals surface area (Å²) in [6.07, 6.45) is 6.10. The summed E-state index contributed by atoms with van der Waals surface area (Å²) in [5, 5.41) is 30.0. The van der Waals surface area contributed by atoms with Gasteiger partial charge in [0.2, 0.25) is 5.91 Å². The van der Waals surface area contributed by atoms with E-state index in [-0.39, 0.29) is 17.9 Å². The van der Waals surface area contributed by atoms with Crippen LogP contribution in [0, 0.1) is 0 Å². The first-order valence-corrected chi connectivity index (χ1v) is 6.27. The topological polar surface area (TPSA) is 107 Å². The lowest BCUT2D eigenvalue weighted by Crippen LogP contribution is -2.41. The van der Waals surface area contributed by atoms with Crippen LogP contribution in [0.2, 0.25) is 0 Å². The van der Waals surface area contributed by atoms with Gasteiger partial charge in [0, 0.05) is 12.5 Å². The molecule has 0 aliphatic heterocycles. The molecule has 1 aromatic rings. The molecule has 0 saturated carbocycles. The lowest BCUT2D eigenvalue weighted by molar-refractivity contribution is -0.141. The molecule has 0 spiro atoms. The number of aliphatic carboxylic acids is 1. The van der Waals surface area contributed by atoms with E-state index in [4.69, 9.17) is 5.11 Å². The van der Waals surface area contributed by atoms with Gasteiger partial charge in [-0.3, -0.25) is 4.79 Å². The van der Waals surface area contributed by atoms with Crippen molar-refractivity contribution < 1.29 is 24.9 Å². The number of amides is 1. The van der Waals surface area contributed by atoms with E-state index in [9.17, 15) is 19.8 Å². The van der Waals surface area contributed by atoms with Crippen molar-refractivity contribution in [3.05, 3.63) is 48.1 Å². The van der Waals surface area contributed by atoms with Crippen LogP contribution in [0.25, 0.3) is 0 Å². The summed E-state index contributed by atoms with van der Waals surface area (Å²) in [6, 6.07) is 2.87. The van der Waals surface area contributed by atoms with Gasteiger partial charge in [0.1, 0.15) is 6.04 Å². The van der Waals surface area contributed by atoms with Crippen LogP contribution in [0.3, 0.4) is 0 Å². The van der Waals surface area contributed by atoms with Crippen molar-refractivity contribution in [1.29, 1.82) is 0 Å². The lowest BCUT2D eigenvalue weighted by atomic mass is 10.1. The SMILES string of the molecule is C/C=C/C=C/C(=O)NC(Cc1ccc(O)c(O)c1)C(=O)O. The van der Waals surface area contributed by atoms with Crippen molar-refractivity contribution >= 4 is 11.9 Å². The van der Waals surface area contributed by atoms with Gasteiger partial charge in [0.05, 0.1) is 0 Å². The summed E-state index contributed by atoms with van der Waals surface area (Å²) in [5.74, 6) is -2.33. The molecule has 6 nitrogen and oxygen atoms in total. The number of rotatable bonds is 6. The first-order valence-electron chi connectivity index (χ1n) is 6.27. The molecular formula is C15H17NO5. The van der Waals surface area contributed by atoms with E-state index in [1.54, 1.807) is 19.1 Å². The molecule has 112 valence electrons. The summed E-state index contributed by atoms with van der Waals surface area (Å²) in [6.45, 7) is 1.79. The fraction of sp³-hybridized carbons (Fsp3) is 0.200. The summed E-state index contributed by atoms with van der Waals surface area (Å²) in [7, 11) is 0. The Kier molecular flexibility index (Phi) is 6.00. The number of phenolic OH excluding ortho intramolecular Hbond substituents is 2. The Morgan fingerprint density at radius 1 is 1.24 bits per heavy atom. The molecule has 4 N–H and O–H groups in total. The molecule has 0 aliphatic rings. The minimum atomic E-state index is -1.18. The molecule has 1 unspecified atom stereocenters. The second-order valence-corrected chi connectivity index (χ2v) is 4.31. The number of allylic oxidation sites excluding steroid dienone is 3. The fourth-order valence-electron chi connectivity index (χ4n) is 1.61. The second kappa shape index (κ2) is 7.74. The van der Waals surface area contributed by atoms with Crippen molar-refractivity contribution in [3.8, 4) is 11.5 Å². The Labute approximate surface area is 122 Å². The third-order valence-corrected chi connectivity index (χ3v) is 2.65. The summed E-state index contributed by atoms with van der Waals surface area (Å²) in [5.41, 5.74) is 0.482. The Bertz CT molecular complexity index is 577. The first-order chi connectivity index (χ1) is 9.93. The lowest BCUT2D eigenvalue weighted by Gasteiger charge is -2.13. The number of nitrogens with one attached hydrogen (secondary N) is 1. The van der Waals surface area contributed by atoms with Crippen LogP contribution in [0.5, 0.6) is 11.5 Å². The highest BCUT2D eigenvalue weighted by atomic mass is 16.4. The van der Waals surface area contributed by atoms with Crippen LogP contribution in [0.15, 0.2) is 42.5 Å². The molecule has 0 radical (unpaired) electrons. The third kappa shape index (κ3) is 5.40. The first kappa shape index (κ1) is 16.3.